The Bertz CT molecular complexity index is 1180. The van der Waals surface area contributed by atoms with Crippen LogP contribution >= 0.6 is 15.9 Å². The van der Waals surface area contributed by atoms with Crippen LogP contribution in [0.3, 0.4) is 0 Å². The van der Waals surface area contributed by atoms with E-state index in [0.29, 0.717) is 11.3 Å². The lowest BCUT2D eigenvalue weighted by molar-refractivity contribution is 0.0981. The summed E-state index contributed by atoms with van der Waals surface area (Å²) in [5, 5.41) is 0. The Balaban J connectivity index is 1.61. The van der Waals surface area contributed by atoms with Gasteiger partial charge in [-0.2, -0.15) is 0 Å². The molecule has 0 aliphatic carbocycles. The smallest absolute Gasteiger partial charge is 0.261 e. The van der Waals surface area contributed by atoms with E-state index in [1.54, 1.807) is 41.3 Å². The molecule has 0 saturated heterocycles. The molecule has 0 aromatic heterocycles. The molecule has 1 atom stereocenters. The van der Waals surface area contributed by atoms with E-state index in [1.807, 2.05) is 31.2 Å². The summed E-state index contributed by atoms with van der Waals surface area (Å²) >= 11 is 3.30. The van der Waals surface area contributed by atoms with Gasteiger partial charge in [-0.05, 0) is 67.4 Å². The number of nitrogens with zero attached hydrogens (tertiary/aromatic N) is 1. The summed E-state index contributed by atoms with van der Waals surface area (Å²) in [6, 6.07) is 20.9. The topological polar surface area (TPSA) is 66.5 Å². The minimum absolute atomic E-state index is 0.0445. The van der Waals surface area contributed by atoms with Crippen LogP contribution in [0.1, 0.15) is 22.8 Å². The van der Waals surface area contributed by atoms with Gasteiger partial charge in [0.15, 0.2) is 0 Å². The molecule has 3 aromatic carbocycles. The van der Waals surface area contributed by atoms with Crippen LogP contribution in [0.4, 0.5) is 11.4 Å². The van der Waals surface area contributed by atoms with Crippen molar-refractivity contribution in [3.63, 3.8) is 0 Å². The van der Waals surface area contributed by atoms with Gasteiger partial charge in [0.05, 0.1) is 4.90 Å². The number of carbonyl (C=O) groups excluding carboxylic acids is 1. The maximum Gasteiger partial charge on any atom is 0.261 e. The van der Waals surface area contributed by atoms with Crippen LogP contribution in [-0.2, 0) is 16.4 Å². The quantitative estimate of drug-likeness (QED) is 0.592. The van der Waals surface area contributed by atoms with Crippen LogP contribution in [0.15, 0.2) is 82.2 Å². The summed E-state index contributed by atoms with van der Waals surface area (Å²) in [7, 11) is -3.75. The number of sulfonamides is 1. The molecule has 7 heteroatoms. The predicted molar refractivity (Wildman–Crippen MR) is 118 cm³/mol. The van der Waals surface area contributed by atoms with Crippen molar-refractivity contribution in [2.75, 3.05) is 9.62 Å². The zero-order valence-corrected chi connectivity index (χ0v) is 18.1. The van der Waals surface area contributed by atoms with Crippen LogP contribution < -0.4 is 9.62 Å². The van der Waals surface area contributed by atoms with Crippen molar-refractivity contribution < 1.29 is 13.2 Å². The second-order valence-corrected chi connectivity index (χ2v) is 9.60. The zero-order valence-electron chi connectivity index (χ0n) is 15.7. The summed E-state index contributed by atoms with van der Waals surface area (Å²) in [6.45, 7) is 2.01. The van der Waals surface area contributed by atoms with E-state index in [9.17, 15) is 13.2 Å². The van der Waals surface area contributed by atoms with Crippen LogP contribution in [0, 0.1) is 0 Å². The molecule has 3 aromatic rings. The second kappa shape index (κ2) is 7.65. The Labute approximate surface area is 178 Å². The fourth-order valence-corrected chi connectivity index (χ4v) is 4.87. The zero-order chi connectivity index (χ0) is 20.6. The van der Waals surface area contributed by atoms with Crippen LogP contribution in [0.2, 0.25) is 0 Å². The van der Waals surface area contributed by atoms with E-state index in [-0.39, 0.29) is 16.8 Å². The molecule has 0 saturated carbocycles. The van der Waals surface area contributed by atoms with Crippen molar-refractivity contribution in [3.8, 4) is 0 Å². The molecule has 1 aliphatic rings. The molecule has 0 spiro atoms. The van der Waals surface area contributed by atoms with Gasteiger partial charge in [0, 0.05) is 27.5 Å². The lowest BCUT2D eigenvalue weighted by Crippen LogP contribution is -2.35. The SMILES string of the molecule is CC1Cc2ccccc2N1C(=O)c1cccc(NS(=O)(=O)c2ccc(Br)cc2)c1. The molecule has 29 heavy (non-hydrogen) atoms. The highest BCUT2D eigenvalue weighted by Gasteiger charge is 2.31. The van der Waals surface area contributed by atoms with Gasteiger partial charge in [-0.25, -0.2) is 8.42 Å². The van der Waals surface area contributed by atoms with Crippen molar-refractivity contribution >= 4 is 43.2 Å². The van der Waals surface area contributed by atoms with Gasteiger partial charge in [0.2, 0.25) is 0 Å². The number of fused-ring (bicyclic) bond motifs is 1. The second-order valence-electron chi connectivity index (χ2n) is 7.00. The van der Waals surface area contributed by atoms with Gasteiger partial charge in [-0.15, -0.1) is 0 Å². The van der Waals surface area contributed by atoms with Gasteiger partial charge in [-0.3, -0.25) is 9.52 Å². The van der Waals surface area contributed by atoms with E-state index in [4.69, 9.17) is 0 Å². The minimum atomic E-state index is -3.75. The molecule has 5 nitrogen and oxygen atoms in total. The number of para-hydroxylation sites is 1. The number of anilines is 2. The highest BCUT2D eigenvalue weighted by Crippen LogP contribution is 2.33. The first kappa shape index (κ1) is 19.7. The third-order valence-corrected chi connectivity index (χ3v) is 6.84. The molecule has 1 aliphatic heterocycles. The van der Waals surface area contributed by atoms with Crippen molar-refractivity contribution in [2.24, 2.45) is 0 Å². The number of hydrogen-bond acceptors (Lipinski definition) is 3. The van der Waals surface area contributed by atoms with E-state index < -0.39 is 10.0 Å². The molecule has 0 bridgehead atoms. The maximum atomic E-state index is 13.2. The third kappa shape index (κ3) is 3.93. The van der Waals surface area contributed by atoms with Gasteiger partial charge in [0.25, 0.3) is 15.9 Å². The Morgan fingerprint density at radius 2 is 1.76 bits per heavy atom. The number of nitrogens with one attached hydrogen (secondary N) is 1. The summed E-state index contributed by atoms with van der Waals surface area (Å²) in [4.78, 5) is 15.1. The van der Waals surface area contributed by atoms with Gasteiger partial charge >= 0.3 is 0 Å². The van der Waals surface area contributed by atoms with E-state index in [2.05, 4.69) is 20.7 Å². The summed E-state index contributed by atoms with van der Waals surface area (Å²) in [5.41, 5.74) is 2.83. The number of halogens is 1. The molecule has 1 amide bonds. The van der Waals surface area contributed by atoms with Crippen molar-refractivity contribution in [2.45, 2.75) is 24.3 Å². The van der Waals surface area contributed by atoms with Crippen molar-refractivity contribution in [1.82, 2.24) is 0 Å². The first-order valence-electron chi connectivity index (χ1n) is 9.15. The number of benzene rings is 3. The highest BCUT2D eigenvalue weighted by atomic mass is 79.9. The summed E-state index contributed by atoms with van der Waals surface area (Å²) in [6.07, 6.45) is 0.803. The van der Waals surface area contributed by atoms with Crippen LogP contribution in [-0.4, -0.2) is 20.4 Å². The third-order valence-electron chi connectivity index (χ3n) is 4.91. The van der Waals surface area contributed by atoms with E-state index in [1.165, 1.54) is 12.1 Å². The fourth-order valence-electron chi connectivity index (χ4n) is 3.56. The summed E-state index contributed by atoms with van der Waals surface area (Å²) in [5.74, 6) is -0.146. The molecule has 4 rings (SSSR count). The number of carbonyl (C=O) groups is 1. The largest absolute Gasteiger partial charge is 0.305 e. The van der Waals surface area contributed by atoms with Crippen molar-refractivity contribution in [3.05, 3.63) is 88.4 Å². The molecular weight excluding hydrogens is 452 g/mol. The first-order valence-corrected chi connectivity index (χ1v) is 11.4. The van der Waals surface area contributed by atoms with Crippen molar-refractivity contribution in [1.29, 1.82) is 0 Å². The molecule has 148 valence electrons. The minimum Gasteiger partial charge on any atom is -0.305 e. The lowest BCUT2D eigenvalue weighted by atomic mass is 10.1. The molecule has 1 unspecified atom stereocenters. The van der Waals surface area contributed by atoms with E-state index >= 15 is 0 Å². The number of amides is 1. The standard InChI is InChI=1S/C22H19BrN2O3S/c1-15-13-16-5-2-3-8-21(16)25(15)22(26)17-6-4-7-19(14-17)24-29(27,28)20-11-9-18(23)10-12-20/h2-12,14-15,24H,13H2,1H3. The Hall–Kier alpha value is -2.64. The molecule has 0 fully saturated rings. The average Bonchev–Trinajstić information content (AvgIpc) is 3.03. The first-order chi connectivity index (χ1) is 13.8. The number of rotatable bonds is 4. The molecule has 1 N–H and O–H groups in total. The van der Waals surface area contributed by atoms with Gasteiger partial charge < -0.3 is 4.90 Å². The highest BCUT2D eigenvalue weighted by molar-refractivity contribution is 9.10. The fraction of sp³-hybridized carbons (Fsp3) is 0.136. The lowest BCUT2D eigenvalue weighted by Gasteiger charge is -2.23. The predicted octanol–water partition coefficient (Wildman–Crippen LogP) is 4.84. The molecule has 1 heterocycles. The Morgan fingerprint density at radius 3 is 2.52 bits per heavy atom. The van der Waals surface area contributed by atoms with Gasteiger partial charge in [-0.1, -0.05) is 40.2 Å². The maximum absolute atomic E-state index is 13.2. The van der Waals surface area contributed by atoms with E-state index in [0.717, 1.165) is 22.1 Å². The van der Waals surface area contributed by atoms with Crippen LogP contribution in [0.5, 0.6) is 0 Å². The number of hydrogen-bond donors (Lipinski definition) is 1. The van der Waals surface area contributed by atoms with Gasteiger partial charge in [0.1, 0.15) is 0 Å². The molecular formula is C22H19BrN2O3S. The normalized spacial score (nSPS) is 15.8. The Kier molecular flexibility index (Phi) is 5.19. The summed E-state index contributed by atoms with van der Waals surface area (Å²) < 4.78 is 28.6. The average molecular weight is 471 g/mol. The monoisotopic (exact) mass is 470 g/mol. The van der Waals surface area contributed by atoms with Crippen LogP contribution in [0.25, 0.3) is 0 Å². The molecule has 0 radical (unpaired) electrons. The Morgan fingerprint density at radius 1 is 1.03 bits per heavy atom.